The van der Waals surface area contributed by atoms with Crippen LogP contribution in [0.15, 0.2) is 30.6 Å². The van der Waals surface area contributed by atoms with Crippen LogP contribution in [0.3, 0.4) is 0 Å². The maximum atomic E-state index is 11.0. The van der Waals surface area contributed by atoms with Crippen LogP contribution in [0.2, 0.25) is 0 Å². The van der Waals surface area contributed by atoms with E-state index in [1.54, 1.807) is 24.5 Å². The van der Waals surface area contributed by atoms with Gasteiger partial charge in [0.2, 0.25) is 0 Å². The van der Waals surface area contributed by atoms with Gasteiger partial charge in [0.1, 0.15) is 12.1 Å². The van der Waals surface area contributed by atoms with E-state index in [1.165, 1.54) is 18.4 Å². The Hall–Kier alpha value is -2.43. The number of carbonyl (C=O) groups is 1. The van der Waals surface area contributed by atoms with Crippen molar-refractivity contribution in [2.45, 2.75) is 32.2 Å². The van der Waals surface area contributed by atoms with Crippen molar-refractivity contribution in [1.82, 2.24) is 9.97 Å². The van der Waals surface area contributed by atoms with Crippen LogP contribution < -0.4 is 5.32 Å². The molecule has 1 aromatic carbocycles. The lowest BCUT2D eigenvalue weighted by Crippen LogP contribution is -2.12. The molecule has 0 bridgehead atoms. The number of aryl methyl sites for hydroxylation is 1. The van der Waals surface area contributed by atoms with Gasteiger partial charge in [-0.25, -0.2) is 14.8 Å². The zero-order valence-electron chi connectivity index (χ0n) is 11.7. The number of rotatable bonds is 4. The quantitative estimate of drug-likeness (QED) is 0.902. The zero-order chi connectivity index (χ0) is 14.7. The fourth-order valence-electron chi connectivity index (χ4n) is 2.67. The van der Waals surface area contributed by atoms with Gasteiger partial charge in [0.05, 0.1) is 5.56 Å². The Morgan fingerprint density at radius 2 is 2.10 bits per heavy atom. The van der Waals surface area contributed by atoms with E-state index in [4.69, 9.17) is 5.11 Å². The third kappa shape index (κ3) is 3.02. The molecule has 0 fully saturated rings. The van der Waals surface area contributed by atoms with Crippen LogP contribution in [0.4, 0.5) is 5.82 Å². The predicted octanol–water partition coefficient (Wildman–Crippen LogP) is 2.67. The molecule has 108 valence electrons. The summed E-state index contributed by atoms with van der Waals surface area (Å²) in [6.07, 6.45) is 5.97. The summed E-state index contributed by atoms with van der Waals surface area (Å²) in [6, 6.07) is 6.95. The number of aromatic carboxylic acids is 1. The molecule has 21 heavy (non-hydrogen) atoms. The van der Waals surface area contributed by atoms with Crippen molar-refractivity contribution in [3.63, 3.8) is 0 Å². The van der Waals surface area contributed by atoms with E-state index in [0.29, 0.717) is 12.1 Å². The van der Waals surface area contributed by atoms with Crippen LogP contribution in [0.5, 0.6) is 0 Å². The molecule has 0 amide bonds. The van der Waals surface area contributed by atoms with Gasteiger partial charge in [0, 0.05) is 17.8 Å². The van der Waals surface area contributed by atoms with Crippen molar-refractivity contribution in [3.05, 3.63) is 53.0 Å². The summed E-state index contributed by atoms with van der Waals surface area (Å²) < 4.78 is 0. The van der Waals surface area contributed by atoms with Crippen LogP contribution in [-0.2, 0) is 19.4 Å². The second kappa shape index (κ2) is 5.91. The van der Waals surface area contributed by atoms with Gasteiger partial charge < -0.3 is 10.4 Å². The number of nitrogens with zero attached hydrogens (tertiary/aromatic N) is 2. The third-order valence-corrected chi connectivity index (χ3v) is 3.76. The molecule has 0 radical (unpaired) electrons. The van der Waals surface area contributed by atoms with E-state index in [9.17, 15) is 4.79 Å². The standard InChI is InChI=1S/C16H17N3O2/c20-16(21)12-5-3-4-11(8-12)9-17-15-13-6-1-2-7-14(13)18-10-19-15/h3-5,8,10H,1-2,6-7,9H2,(H,20,21)(H,17,18,19). The number of fused-ring (bicyclic) bond motifs is 1. The molecule has 0 saturated heterocycles. The van der Waals surface area contributed by atoms with Gasteiger partial charge in [0.25, 0.3) is 0 Å². The lowest BCUT2D eigenvalue weighted by atomic mass is 9.96. The number of nitrogens with one attached hydrogen (secondary N) is 1. The van der Waals surface area contributed by atoms with Gasteiger partial charge in [-0.15, -0.1) is 0 Å². The monoisotopic (exact) mass is 283 g/mol. The number of benzene rings is 1. The number of hydrogen-bond donors (Lipinski definition) is 2. The molecule has 5 heteroatoms. The summed E-state index contributed by atoms with van der Waals surface area (Å²) in [7, 11) is 0. The van der Waals surface area contributed by atoms with E-state index in [1.807, 2.05) is 6.07 Å². The highest BCUT2D eigenvalue weighted by molar-refractivity contribution is 5.87. The predicted molar refractivity (Wildman–Crippen MR) is 79.4 cm³/mol. The van der Waals surface area contributed by atoms with E-state index in [-0.39, 0.29) is 0 Å². The Kier molecular flexibility index (Phi) is 3.81. The van der Waals surface area contributed by atoms with Gasteiger partial charge in [0.15, 0.2) is 0 Å². The van der Waals surface area contributed by atoms with E-state index < -0.39 is 5.97 Å². The smallest absolute Gasteiger partial charge is 0.335 e. The molecule has 1 aliphatic rings. The van der Waals surface area contributed by atoms with Crippen molar-refractivity contribution >= 4 is 11.8 Å². The van der Waals surface area contributed by atoms with Crippen LogP contribution in [0.25, 0.3) is 0 Å². The molecule has 3 rings (SSSR count). The molecule has 2 aromatic rings. The van der Waals surface area contributed by atoms with Gasteiger partial charge >= 0.3 is 5.97 Å². The second-order valence-corrected chi connectivity index (χ2v) is 5.21. The Labute approximate surface area is 123 Å². The summed E-state index contributed by atoms with van der Waals surface area (Å²) >= 11 is 0. The number of anilines is 1. The number of carboxylic acids is 1. The van der Waals surface area contributed by atoms with Gasteiger partial charge in [-0.2, -0.15) is 0 Å². The van der Waals surface area contributed by atoms with E-state index >= 15 is 0 Å². The average Bonchev–Trinajstić information content (AvgIpc) is 2.53. The fourth-order valence-corrected chi connectivity index (χ4v) is 2.67. The molecule has 1 heterocycles. The maximum absolute atomic E-state index is 11.0. The minimum absolute atomic E-state index is 0.305. The first-order valence-electron chi connectivity index (χ1n) is 7.13. The first-order chi connectivity index (χ1) is 10.2. The van der Waals surface area contributed by atoms with Crippen LogP contribution in [-0.4, -0.2) is 21.0 Å². The highest BCUT2D eigenvalue weighted by atomic mass is 16.4. The van der Waals surface area contributed by atoms with Crippen molar-refractivity contribution in [1.29, 1.82) is 0 Å². The van der Waals surface area contributed by atoms with Crippen molar-refractivity contribution in [2.75, 3.05) is 5.32 Å². The first-order valence-corrected chi connectivity index (χ1v) is 7.13. The summed E-state index contributed by atoms with van der Waals surface area (Å²) in [5, 5.41) is 12.3. The largest absolute Gasteiger partial charge is 0.478 e. The zero-order valence-corrected chi connectivity index (χ0v) is 11.7. The Morgan fingerprint density at radius 3 is 2.95 bits per heavy atom. The molecule has 0 atom stereocenters. The molecule has 0 unspecified atom stereocenters. The molecule has 5 nitrogen and oxygen atoms in total. The molecule has 0 spiro atoms. The van der Waals surface area contributed by atoms with Gasteiger partial charge in [-0.3, -0.25) is 0 Å². The average molecular weight is 283 g/mol. The Bertz CT molecular complexity index is 670. The highest BCUT2D eigenvalue weighted by Crippen LogP contribution is 2.24. The Balaban J connectivity index is 1.76. The van der Waals surface area contributed by atoms with Crippen molar-refractivity contribution in [3.8, 4) is 0 Å². The molecular formula is C16H17N3O2. The van der Waals surface area contributed by atoms with Crippen LogP contribution in [0.1, 0.15) is 40.0 Å². The normalized spacial score (nSPS) is 13.5. The summed E-state index contributed by atoms with van der Waals surface area (Å²) in [5.41, 5.74) is 3.58. The maximum Gasteiger partial charge on any atom is 0.335 e. The van der Waals surface area contributed by atoms with E-state index in [0.717, 1.165) is 29.9 Å². The second-order valence-electron chi connectivity index (χ2n) is 5.21. The minimum atomic E-state index is -0.906. The summed E-state index contributed by atoms with van der Waals surface area (Å²) in [4.78, 5) is 19.6. The van der Waals surface area contributed by atoms with E-state index in [2.05, 4.69) is 15.3 Å². The molecule has 0 saturated carbocycles. The molecule has 2 N–H and O–H groups in total. The first kappa shape index (κ1) is 13.5. The lowest BCUT2D eigenvalue weighted by molar-refractivity contribution is 0.0697. The molecule has 1 aromatic heterocycles. The van der Waals surface area contributed by atoms with Crippen LogP contribution >= 0.6 is 0 Å². The number of carboxylic acid groups (broad SMARTS) is 1. The lowest BCUT2D eigenvalue weighted by Gasteiger charge is -2.18. The number of aromatic nitrogens is 2. The number of hydrogen-bond acceptors (Lipinski definition) is 4. The minimum Gasteiger partial charge on any atom is -0.478 e. The van der Waals surface area contributed by atoms with Crippen molar-refractivity contribution in [2.24, 2.45) is 0 Å². The SMILES string of the molecule is O=C(O)c1cccc(CNc2ncnc3c2CCCC3)c1. The summed E-state index contributed by atoms with van der Waals surface area (Å²) in [6.45, 7) is 0.560. The van der Waals surface area contributed by atoms with Crippen molar-refractivity contribution < 1.29 is 9.90 Å². The molecule has 1 aliphatic carbocycles. The van der Waals surface area contributed by atoms with Gasteiger partial charge in [-0.05, 0) is 43.4 Å². The molecule has 0 aliphatic heterocycles. The van der Waals surface area contributed by atoms with Gasteiger partial charge in [-0.1, -0.05) is 12.1 Å². The third-order valence-electron chi connectivity index (χ3n) is 3.76. The summed E-state index contributed by atoms with van der Waals surface area (Å²) in [5.74, 6) is -0.0308. The fraction of sp³-hybridized carbons (Fsp3) is 0.312. The highest BCUT2D eigenvalue weighted by Gasteiger charge is 2.15. The Morgan fingerprint density at radius 1 is 1.24 bits per heavy atom. The topological polar surface area (TPSA) is 75.1 Å². The van der Waals surface area contributed by atoms with Crippen LogP contribution in [0, 0.1) is 0 Å². The molecular weight excluding hydrogens is 266 g/mol.